The van der Waals surface area contributed by atoms with E-state index < -0.39 is 22.0 Å². The van der Waals surface area contributed by atoms with Crippen LogP contribution in [0.5, 0.6) is 0 Å². The van der Waals surface area contributed by atoms with Crippen LogP contribution < -0.4 is 5.73 Å². The van der Waals surface area contributed by atoms with E-state index in [-0.39, 0.29) is 24.8 Å². The van der Waals surface area contributed by atoms with Crippen LogP contribution in [-0.2, 0) is 19.6 Å². The first-order valence-corrected chi connectivity index (χ1v) is 8.48. The van der Waals surface area contributed by atoms with Gasteiger partial charge in [-0.25, -0.2) is 8.42 Å². The monoisotopic (exact) mass is 290 g/mol. The summed E-state index contributed by atoms with van der Waals surface area (Å²) in [5.74, 6) is -0.279. The first-order valence-electron chi connectivity index (χ1n) is 6.87. The molecule has 2 rings (SSSR count). The molecule has 7 heteroatoms. The van der Waals surface area contributed by atoms with E-state index in [9.17, 15) is 13.2 Å². The molecule has 110 valence electrons. The minimum absolute atomic E-state index is 0.0687. The van der Waals surface area contributed by atoms with Crippen molar-refractivity contribution < 1.29 is 17.9 Å². The fourth-order valence-corrected chi connectivity index (χ4v) is 4.92. The van der Waals surface area contributed by atoms with E-state index in [2.05, 4.69) is 0 Å². The summed E-state index contributed by atoms with van der Waals surface area (Å²) in [6.07, 6.45) is 5.32. The van der Waals surface area contributed by atoms with Gasteiger partial charge >= 0.3 is 0 Å². The third kappa shape index (κ3) is 3.67. The summed E-state index contributed by atoms with van der Waals surface area (Å²) in [6.45, 7) is 0.621. The van der Waals surface area contributed by atoms with Gasteiger partial charge in [-0.3, -0.25) is 4.79 Å². The highest BCUT2D eigenvalue weighted by Crippen LogP contribution is 2.26. The van der Waals surface area contributed by atoms with E-state index >= 15 is 0 Å². The van der Waals surface area contributed by atoms with Crippen LogP contribution in [0.25, 0.3) is 0 Å². The molecule has 2 aliphatic rings. The lowest BCUT2D eigenvalue weighted by atomic mass is 9.91. The Bertz CT molecular complexity index is 417. The Labute approximate surface area is 114 Å². The summed E-state index contributed by atoms with van der Waals surface area (Å²) in [5, 5.41) is 0. The fraction of sp³-hybridized carbons (Fsp3) is 0.917. The SMILES string of the molecule is NC(=O)[C@H]1COCCN1S(=O)(=O)CC1CCCCC1. The van der Waals surface area contributed by atoms with Crippen molar-refractivity contribution in [3.8, 4) is 0 Å². The zero-order valence-corrected chi connectivity index (χ0v) is 11.9. The van der Waals surface area contributed by atoms with Crippen molar-refractivity contribution in [1.82, 2.24) is 4.31 Å². The predicted octanol–water partition coefficient (Wildman–Crippen LogP) is 0.0826. The third-order valence-electron chi connectivity index (χ3n) is 3.94. The second-order valence-electron chi connectivity index (χ2n) is 5.39. The van der Waals surface area contributed by atoms with Crippen LogP contribution in [0.15, 0.2) is 0 Å². The molecular formula is C12H22N2O4S. The zero-order chi connectivity index (χ0) is 13.9. The summed E-state index contributed by atoms with van der Waals surface area (Å²) in [6, 6.07) is -0.845. The normalized spacial score (nSPS) is 27.3. The van der Waals surface area contributed by atoms with Crippen LogP contribution >= 0.6 is 0 Å². The maximum atomic E-state index is 12.4. The molecule has 1 atom stereocenters. The zero-order valence-electron chi connectivity index (χ0n) is 11.1. The number of rotatable bonds is 4. The standard InChI is InChI=1S/C12H22N2O4S/c13-12(15)11-8-18-7-6-14(11)19(16,17)9-10-4-2-1-3-5-10/h10-11H,1-9H2,(H2,13,15)/t11-/m1/s1. The average Bonchev–Trinajstić information content (AvgIpc) is 2.39. The van der Waals surface area contributed by atoms with E-state index in [4.69, 9.17) is 10.5 Å². The Balaban J connectivity index is 2.05. The predicted molar refractivity (Wildman–Crippen MR) is 70.9 cm³/mol. The summed E-state index contributed by atoms with van der Waals surface area (Å²) >= 11 is 0. The average molecular weight is 290 g/mol. The third-order valence-corrected chi connectivity index (χ3v) is 5.98. The van der Waals surface area contributed by atoms with Gasteiger partial charge in [-0.15, -0.1) is 0 Å². The van der Waals surface area contributed by atoms with Crippen LogP contribution in [0.4, 0.5) is 0 Å². The minimum Gasteiger partial charge on any atom is -0.378 e. The molecule has 1 amide bonds. The number of nitrogens with two attached hydrogens (primary N) is 1. The molecule has 0 aromatic carbocycles. The highest BCUT2D eigenvalue weighted by molar-refractivity contribution is 7.89. The van der Waals surface area contributed by atoms with Crippen LogP contribution in [0.1, 0.15) is 32.1 Å². The van der Waals surface area contributed by atoms with Crippen molar-refractivity contribution in [2.75, 3.05) is 25.5 Å². The van der Waals surface area contributed by atoms with E-state index in [0.29, 0.717) is 6.61 Å². The smallest absolute Gasteiger partial charge is 0.238 e. The number of primary amides is 1. The number of carbonyl (C=O) groups excluding carboxylic acids is 1. The Morgan fingerprint density at radius 3 is 2.58 bits per heavy atom. The molecule has 0 aromatic heterocycles. The minimum atomic E-state index is -3.42. The van der Waals surface area contributed by atoms with Crippen molar-refractivity contribution in [3.05, 3.63) is 0 Å². The van der Waals surface area contributed by atoms with Crippen molar-refractivity contribution in [2.45, 2.75) is 38.1 Å². The van der Waals surface area contributed by atoms with E-state index in [1.807, 2.05) is 0 Å². The summed E-state index contributed by atoms with van der Waals surface area (Å²) in [7, 11) is -3.42. The molecule has 0 bridgehead atoms. The topological polar surface area (TPSA) is 89.7 Å². The number of sulfonamides is 1. The number of ether oxygens (including phenoxy) is 1. The van der Waals surface area contributed by atoms with E-state index in [1.165, 1.54) is 10.7 Å². The Morgan fingerprint density at radius 1 is 1.26 bits per heavy atom. The van der Waals surface area contributed by atoms with Crippen LogP contribution in [0.3, 0.4) is 0 Å². The van der Waals surface area contributed by atoms with Gasteiger partial charge in [0.15, 0.2) is 0 Å². The van der Waals surface area contributed by atoms with Crippen LogP contribution in [0.2, 0.25) is 0 Å². The van der Waals surface area contributed by atoms with Gasteiger partial charge in [0.1, 0.15) is 6.04 Å². The first-order chi connectivity index (χ1) is 9.00. The summed E-state index contributed by atoms with van der Waals surface area (Å²) in [5.41, 5.74) is 5.26. The largest absolute Gasteiger partial charge is 0.378 e. The molecule has 2 fully saturated rings. The summed E-state index contributed by atoms with van der Waals surface area (Å²) in [4.78, 5) is 11.3. The summed E-state index contributed by atoms with van der Waals surface area (Å²) < 4.78 is 31.3. The number of amides is 1. The van der Waals surface area contributed by atoms with Crippen molar-refractivity contribution in [2.24, 2.45) is 11.7 Å². The molecular weight excluding hydrogens is 268 g/mol. The van der Waals surface area contributed by atoms with Crippen LogP contribution in [0, 0.1) is 5.92 Å². The number of morpholine rings is 1. The number of hydrogen-bond acceptors (Lipinski definition) is 4. The van der Waals surface area contributed by atoms with Gasteiger partial charge in [0.25, 0.3) is 0 Å². The Morgan fingerprint density at radius 2 is 1.95 bits per heavy atom. The highest BCUT2D eigenvalue weighted by Gasteiger charge is 2.37. The van der Waals surface area contributed by atoms with Crippen molar-refractivity contribution in [3.63, 3.8) is 0 Å². The first kappa shape index (κ1) is 14.7. The molecule has 1 saturated heterocycles. The molecule has 1 saturated carbocycles. The van der Waals surface area contributed by atoms with Gasteiger partial charge in [0.05, 0.1) is 19.0 Å². The lowest BCUT2D eigenvalue weighted by Gasteiger charge is -2.34. The maximum Gasteiger partial charge on any atom is 0.238 e. The van der Waals surface area contributed by atoms with Gasteiger partial charge in [-0.05, 0) is 18.8 Å². The Kier molecular flexibility index (Phi) is 4.81. The molecule has 1 heterocycles. The maximum absolute atomic E-state index is 12.4. The molecule has 1 aliphatic heterocycles. The van der Waals surface area contributed by atoms with Gasteiger partial charge in [-0.1, -0.05) is 19.3 Å². The van der Waals surface area contributed by atoms with Gasteiger partial charge in [0.2, 0.25) is 15.9 Å². The van der Waals surface area contributed by atoms with Crippen molar-refractivity contribution >= 4 is 15.9 Å². The molecule has 1 aliphatic carbocycles. The molecule has 2 N–H and O–H groups in total. The Hall–Kier alpha value is -0.660. The number of nitrogens with zero attached hydrogens (tertiary/aromatic N) is 1. The van der Waals surface area contributed by atoms with Gasteiger partial charge in [0, 0.05) is 6.54 Å². The van der Waals surface area contributed by atoms with Gasteiger partial charge in [-0.2, -0.15) is 4.31 Å². The second-order valence-corrected chi connectivity index (χ2v) is 7.35. The van der Waals surface area contributed by atoms with Crippen LogP contribution in [-0.4, -0.2) is 50.2 Å². The molecule has 0 aromatic rings. The van der Waals surface area contributed by atoms with Gasteiger partial charge < -0.3 is 10.5 Å². The van der Waals surface area contributed by atoms with Crippen molar-refractivity contribution in [1.29, 1.82) is 0 Å². The number of carbonyl (C=O) groups is 1. The molecule has 0 unspecified atom stereocenters. The molecule has 19 heavy (non-hydrogen) atoms. The van der Waals surface area contributed by atoms with E-state index in [1.54, 1.807) is 0 Å². The lowest BCUT2D eigenvalue weighted by Crippen LogP contribution is -2.55. The lowest BCUT2D eigenvalue weighted by molar-refractivity contribution is -0.125. The highest BCUT2D eigenvalue weighted by atomic mass is 32.2. The molecule has 0 spiro atoms. The van der Waals surface area contributed by atoms with E-state index in [0.717, 1.165) is 25.7 Å². The molecule has 6 nitrogen and oxygen atoms in total. The number of hydrogen-bond donors (Lipinski definition) is 1. The molecule has 0 radical (unpaired) electrons. The second kappa shape index (κ2) is 6.19. The fourth-order valence-electron chi connectivity index (χ4n) is 2.89. The quantitative estimate of drug-likeness (QED) is 0.794.